The third-order valence-electron chi connectivity index (χ3n) is 8.05. The van der Waals surface area contributed by atoms with Crippen LogP contribution in [-0.2, 0) is 14.2 Å². The van der Waals surface area contributed by atoms with Crippen molar-refractivity contribution in [3.63, 3.8) is 0 Å². The van der Waals surface area contributed by atoms with Crippen LogP contribution < -0.4 is 5.32 Å². The number of hydrogen-bond donors (Lipinski definition) is 1. The molecule has 7 nitrogen and oxygen atoms in total. The van der Waals surface area contributed by atoms with Crippen molar-refractivity contribution in [1.29, 1.82) is 5.26 Å². The van der Waals surface area contributed by atoms with Crippen molar-refractivity contribution in [2.45, 2.75) is 68.1 Å². The van der Waals surface area contributed by atoms with Crippen molar-refractivity contribution >= 4 is 23.3 Å². The second-order valence-corrected chi connectivity index (χ2v) is 12.9. The minimum Gasteiger partial charge on any atom is -0.444 e. The van der Waals surface area contributed by atoms with Gasteiger partial charge in [-0.15, -0.1) is 0 Å². The first kappa shape index (κ1) is 33.7. The lowest BCUT2D eigenvalue weighted by Gasteiger charge is -2.43. The molecule has 0 saturated carbocycles. The van der Waals surface area contributed by atoms with E-state index < -0.39 is 27.8 Å². The third kappa shape index (κ3) is 7.89. The van der Waals surface area contributed by atoms with E-state index in [-0.39, 0.29) is 30.9 Å². The summed E-state index contributed by atoms with van der Waals surface area (Å²) >= 11 is 6.81. The zero-order chi connectivity index (χ0) is 31.8. The Hall–Kier alpha value is -3.22. The molecule has 1 heterocycles. The first-order valence-corrected chi connectivity index (χ1v) is 15.6. The normalized spacial score (nSPS) is 24.8. The molecule has 44 heavy (non-hydrogen) atoms. The van der Waals surface area contributed by atoms with Crippen molar-refractivity contribution in [3.05, 3.63) is 89.8 Å². The second-order valence-electron chi connectivity index (χ2n) is 12.3. The van der Waals surface area contributed by atoms with Gasteiger partial charge in [0.25, 0.3) is 0 Å². The zero-order valence-corrected chi connectivity index (χ0v) is 26.8. The van der Waals surface area contributed by atoms with Gasteiger partial charge in [-0.1, -0.05) is 72.3 Å². The molecular formula is C35H43ClFN3O4. The molecule has 0 spiro atoms. The highest BCUT2D eigenvalue weighted by Gasteiger charge is 2.51. The maximum Gasteiger partial charge on any atom is 0.410 e. The quantitative estimate of drug-likeness (QED) is 0.174. The SMILES string of the molecule is COCCOC1(C(CN[C@H]2CCCN(C(=O)OC(C)(C)C)CC2)c2ccccc2)C=CC(Cl)(C#N)C(c2ccccc2)=C1F. The van der Waals surface area contributed by atoms with Crippen molar-refractivity contribution in [2.24, 2.45) is 0 Å². The number of alkyl halides is 1. The highest BCUT2D eigenvalue weighted by Crippen LogP contribution is 2.51. The van der Waals surface area contributed by atoms with Crippen LogP contribution in [0.1, 0.15) is 57.1 Å². The maximum atomic E-state index is 17.3. The molecule has 0 aromatic heterocycles. The number of rotatable bonds is 10. The summed E-state index contributed by atoms with van der Waals surface area (Å²) in [7, 11) is 1.57. The van der Waals surface area contributed by atoms with E-state index in [9.17, 15) is 10.1 Å². The molecule has 3 unspecified atom stereocenters. The molecule has 0 radical (unpaired) electrons. The molecule has 9 heteroatoms. The molecule has 1 amide bonds. The molecule has 236 valence electrons. The van der Waals surface area contributed by atoms with Gasteiger partial charge >= 0.3 is 6.09 Å². The Kier molecular flexibility index (Phi) is 11.3. The Morgan fingerprint density at radius 3 is 2.41 bits per heavy atom. The molecule has 1 aliphatic heterocycles. The highest BCUT2D eigenvalue weighted by atomic mass is 35.5. The van der Waals surface area contributed by atoms with Crippen LogP contribution in [0.4, 0.5) is 9.18 Å². The lowest BCUT2D eigenvalue weighted by molar-refractivity contribution is -0.0379. The van der Waals surface area contributed by atoms with Crippen molar-refractivity contribution in [1.82, 2.24) is 10.2 Å². The zero-order valence-electron chi connectivity index (χ0n) is 26.0. The van der Waals surface area contributed by atoms with E-state index in [1.165, 1.54) is 0 Å². The number of ether oxygens (including phenoxy) is 3. The van der Waals surface area contributed by atoms with Crippen molar-refractivity contribution < 1.29 is 23.4 Å². The Labute approximate surface area is 265 Å². The van der Waals surface area contributed by atoms with Crippen LogP contribution in [0, 0.1) is 11.3 Å². The molecule has 1 saturated heterocycles. The fourth-order valence-electron chi connectivity index (χ4n) is 5.86. The largest absolute Gasteiger partial charge is 0.444 e. The molecule has 1 fully saturated rings. The number of methoxy groups -OCH3 is 1. The maximum absolute atomic E-state index is 17.3. The first-order chi connectivity index (χ1) is 21.0. The van der Waals surface area contributed by atoms with Crippen LogP contribution in [0.15, 0.2) is 78.6 Å². The van der Waals surface area contributed by atoms with Crippen LogP contribution in [0.3, 0.4) is 0 Å². The van der Waals surface area contributed by atoms with Crippen LogP contribution in [-0.4, -0.2) is 73.1 Å². The molecule has 1 aliphatic carbocycles. The van der Waals surface area contributed by atoms with E-state index in [4.69, 9.17) is 25.8 Å². The smallest absolute Gasteiger partial charge is 0.410 e. The lowest BCUT2D eigenvalue weighted by atomic mass is 9.72. The Bertz CT molecular complexity index is 1360. The Balaban J connectivity index is 1.69. The average Bonchev–Trinajstić information content (AvgIpc) is 3.25. The predicted octanol–water partition coefficient (Wildman–Crippen LogP) is 7.00. The van der Waals surface area contributed by atoms with E-state index in [1.54, 1.807) is 48.4 Å². The summed E-state index contributed by atoms with van der Waals surface area (Å²) in [5, 5.41) is 13.8. The van der Waals surface area contributed by atoms with Gasteiger partial charge < -0.3 is 24.4 Å². The summed E-state index contributed by atoms with van der Waals surface area (Å²) in [6, 6.07) is 20.8. The van der Waals surface area contributed by atoms with Gasteiger partial charge in [0.1, 0.15) is 17.0 Å². The van der Waals surface area contributed by atoms with Gasteiger partial charge in [-0.25, -0.2) is 9.18 Å². The summed E-state index contributed by atoms with van der Waals surface area (Å²) in [5.74, 6) is -1.13. The fraction of sp³-hybridized carbons (Fsp3) is 0.486. The minimum absolute atomic E-state index is 0.0746. The molecule has 1 N–H and O–H groups in total. The van der Waals surface area contributed by atoms with Gasteiger partial charge in [-0.05, 0) is 63.3 Å². The Morgan fingerprint density at radius 1 is 1.09 bits per heavy atom. The van der Waals surface area contributed by atoms with E-state index >= 15 is 4.39 Å². The van der Waals surface area contributed by atoms with Gasteiger partial charge in [0.2, 0.25) is 0 Å². The average molecular weight is 624 g/mol. The topological polar surface area (TPSA) is 83.8 Å². The van der Waals surface area contributed by atoms with Gasteiger partial charge in [0.15, 0.2) is 4.87 Å². The summed E-state index contributed by atoms with van der Waals surface area (Å²) in [6.07, 6.45) is 5.23. The third-order valence-corrected chi connectivity index (χ3v) is 8.45. The number of nitrogens with one attached hydrogen (secondary N) is 1. The number of benzene rings is 2. The number of carbonyl (C=O) groups excluding carboxylic acids is 1. The molecular weight excluding hydrogens is 581 g/mol. The molecule has 2 aromatic carbocycles. The summed E-state index contributed by atoms with van der Waals surface area (Å²) in [5.41, 5.74) is -0.674. The lowest BCUT2D eigenvalue weighted by Crippen LogP contribution is -2.48. The number of nitriles is 1. The number of amides is 1. The van der Waals surface area contributed by atoms with Crippen LogP contribution in [0.2, 0.25) is 0 Å². The monoisotopic (exact) mass is 623 g/mol. The van der Waals surface area contributed by atoms with Gasteiger partial charge in [0.05, 0.1) is 19.3 Å². The number of allylic oxidation sites excluding steroid dienone is 2. The minimum atomic E-state index is -1.71. The van der Waals surface area contributed by atoms with Crippen LogP contribution in [0.25, 0.3) is 5.57 Å². The highest BCUT2D eigenvalue weighted by molar-refractivity contribution is 6.34. The first-order valence-electron chi connectivity index (χ1n) is 15.2. The molecule has 2 aromatic rings. The van der Waals surface area contributed by atoms with E-state index in [2.05, 4.69) is 11.4 Å². The fourth-order valence-corrected chi connectivity index (χ4v) is 6.11. The van der Waals surface area contributed by atoms with Gasteiger partial charge in [-0.3, -0.25) is 0 Å². The molecule has 0 bridgehead atoms. The molecule has 2 aliphatic rings. The molecule has 4 atom stereocenters. The summed E-state index contributed by atoms with van der Waals surface area (Å²) in [4.78, 5) is 12.8. The second kappa shape index (κ2) is 14.7. The van der Waals surface area contributed by atoms with E-state index in [0.717, 1.165) is 24.8 Å². The van der Waals surface area contributed by atoms with Crippen LogP contribution in [0.5, 0.6) is 0 Å². The van der Waals surface area contributed by atoms with E-state index in [1.807, 2.05) is 57.2 Å². The summed E-state index contributed by atoms with van der Waals surface area (Å²) in [6.45, 7) is 7.51. The Morgan fingerprint density at radius 2 is 1.77 bits per heavy atom. The number of likely N-dealkylation sites (tertiary alicyclic amines) is 1. The number of halogens is 2. The van der Waals surface area contributed by atoms with Crippen LogP contribution >= 0.6 is 11.6 Å². The van der Waals surface area contributed by atoms with E-state index in [0.29, 0.717) is 25.2 Å². The number of carbonyl (C=O) groups is 1. The molecule has 4 rings (SSSR count). The van der Waals surface area contributed by atoms with Crippen molar-refractivity contribution in [2.75, 3.05) is 40.0 Å². The van der Waals surface area contributed by atoms with Gasteiger partial charge in [0, 0.05) is 44.3 Å². The number of nitrogens with zero attached hydrogens (tertiary/aromatic N) is 2. The van der Waals surface area contributed by atoms with Crippen molar-refractivity contribution in [3.8, 4) is 6.07 Å². The predicted molar refractivity (Wildman–Crippen MR) is 171 cm³/mol. The summed E-state index contributed by atoms with van der Waals surface area (Å²) < 4.78 is 34.7. The van der Waals surface area contributed by atoms with Gasteiger partial charge in [-0.2, -0.15) is 5.26 Å². The standard InChI is InChI=1S/C35H43ClFN3O4/c1-33(2,3)44-32(41)40-20-11-16-28(17-21-40)39-24-29(26-12-7-5-8-13-26)35(43-23-22-42-4)19-18-34(36,25-38)30(31(35)37)27-14-9-6-10-15-27/h5-10,12-15,18-19,28-29,39H,11,16-17,20-24H2,1-4H3/t28-,29?,34?,35?/m0/s1. The number of hydrogen-bond acceptors (Lipinski definition) is 6.